The van der Waals surface area contributed by atoms with Crippen molar-refractivity contribution in [3.8, 4) is 0 Å². The third-order valence-corrected chi connectivity index (χ3v) is 4.44. The van der Waals surface area contributed by atoms with Gasteiger partial charge in [-0.05, 0) is 36.5 Å². The second kappa shape index (κ2) is 6.66. The van der Waals surface area contributed by atoms with Crippen LogP contribution in [0.1, 0.15) is 24.3 Å². The fraction of sp³-hybridized carbons (Fsp3) is 0.625. The second-order valence-corrected chi connectivity index (χ2v) is 5.82. The number of morpholine rings is 1. The highest BCUT2D eigenvalue weighted by molar-refractivity contribution is 5.23. The lowest BCUT2D eigenvalue weighted by Gasteiger charge is -2.37. The lowest BCUT2D eigenvalue weighted by molar-refractivity contribution is 0.0376. The van der Waals surface area contributed by atoms with Gasteiger partial charge in [-0.2, -0.15) is 0 Å². The molecule has 0 spiro atoms. The molecule has 3 rings (SSSR count). The summed E-state index contributed by atoms with van der Waals surface area (Å²) in [5.41, 5.74) is 1.28. The van der Waals surface area contributed by atoms with Gasteiger partial charge in [0.05, 0.1) is 13.2 Å². The predicted octanol–water partition coefficient (Wildman–Crippen LogP) is 1.99. The molecule has 2 aliphatic rings. The van der Waals surface area contributed by atoms with Crippen LogP contribution in [-0.2, 0) is 4.74 Å². The summed E-state index contributed by atoms with van der Waals surface area (Å²) in [5, 5.41) is 3.62. The van der Waals surface area contributed by atoms with Crippen molar-refractivity contribution in [2.24, 2.45) is 0 Å². The number of ether oxygens (including phenoxy) is 1. The lowest BCUT2D eigenvalue weighted by atomic mass is 9.76. The number of rotatable bonds is 5. The summed E-state index contributed by atoms with van der Waals surface area (Å²) >= 11 is 0. The maximum atomic E-state index is 12.9. The Kier molecular flexibility index (Phi) is 4.65. The Morgan fingerprint density at radius 2 is 1.85 bits per heavy atom. The van der Waals surface area contributed by atoms with Crippen molar-refractivity contribution in [3.05, 3.63) is 35.6 Å². The van der Waals surface area contributed by atoms with Crippen LogP contribution < -0.4 is 5.32 Å². The maximum absolute atomic E-state index is 12.9. The van der Waals surface area contributed by atoms with Crippen LogP contribution in [0.5, 0.6) is 0 Å². The largest absolute Gasteiger partial charge is 0.379 e. The number of nitrogens with zero attached hydrogens (tertiary/aromatic N) is 1. The maximum Gasteiger partial charge on any atom is 0.123 e. The van der Waals surface area contributed by atoms with E-state index in [1.54, 1.807) is 12.1 Å². The Hall–Kier alpha value is -0.970. The first kappa shape index (κ1) is 14.0. The van der Waals surface area contributed by atoms with Crippen molar-refractivity contribution >= 4 is 0 Å². The molecule has 1 N–H and O–H groups in total. The molecule has 1 heterocycles. The SMILES string of the molecule is Fc1ccc(C2CC(NCCN3CCOCC3)C2)cc1. The standard InChI is InChI=1S/C16H23FN2O/c17-15-3-1-13(2-4-15)14-11-16(12-14)18-5-6-19-7-9-20-10-8-19/h1-4,14,16,18H,5-12H2. The molecule has 1 aromatic carbocycles. The molecule has 3 nitrogen and oxygen atoms in total. The average Bonchev–Trinajstić information content (AvgIpc) is 2.44. The third-order valence-electron chi connectivity index (χ3n) is 4.44. The number of halogens is 1. The van der Waals surface area contributed by atoms with E-state index in [0.29, 0.717) is 12.0 Å². The summed E-state index contributed by atoms with van der Waals surface area (Å²) in [6, 6.07) is 7.60. The number of nitrogens with one attached hydrogen (secondary N) is 1. The van der Waals surface area contributed by atoms with Crippen LogP contribution in [0.15, 0.2) is 24.3 Å². The van der Waals surface area contributed by atoms with Crippen molar-refractivity contribution in [3.63, 3.8) is 0 Å². The average molecular weight is 278 g/mol. The molecule has 0 unspecified atom stereocenters. The van der Waals surface area contributed by atoms with Crippen molar-refractivity contribution < 1.29 is 9.13 Å². The third kappa shape index (κ3) is 3.57. The topological polar surface area (TPSA) is 24.5 Å². The van der Waals surface area contributed by atoms with Gasteiger partial charge < -0.3 is 10.1 Å². The van der Waals surface area contributed by atoms with Gasteiger partial charge in [0.2, 0.25) is 0 Å². The van der Waals surface area contributed by atoms with Gasteiger partial charge in [-0.3, -0.25) is 4.90 Å². The summed E-state index contributed by atoms with van der Waals surface area (Å²) in [4.78, 5) is 2.45. The Morgan fingerprint density at radius 1 is 1.15 bits per heavy atom. The normalized spacial score (nSPS) is 27.2. The second-order valence-electron chi connectivity index (χ2n) is 5.82. The van der Waals surface area contributed by atoms with Gasteiger partial charge in [-0.15, -0.1) is 0 Å². The van der Waals surface area contributed by atoms with E-state index in [0.717, 1.165) is 39.4 Å². The minimum atomic E-state index is -0.145. The summed E-state index contributed by atoms with van der Waals surface area (Å²) in [7, 11) is 0. The Balaban J connectivity index is 1.33. The zero-order valence-electron chi connectivity index (χ0n) is 11.9. The first-order chi connectivity index (χ1) is 9.81. The Bertz CT molecular complexity index is 411. The number of benzene rings is 1. The zero-order chi connectivity index (χ0) is 13.8. The molecule has 20 heavy (non-hydrogen) atoms. The van der Waals surface area contributed by atoms with Gasteiger partial charge in [0.15, 0.2) is 0 Å². The first-order valence-corrected chi connectivity index (χ1v) is 7.60. The molecule has 4 heteroatoms. The van der Waals surface area contributed by atoms with E-state index < -0.39 is 0 Å². The molecule has 0 amide bonds. The van der Waals surface area contributed by atoms with E-state index >= 15 is 0 Å². The van der Waals surface area contributed by atoms with Gasteiger partial charge in [0, 0.05) is 32.2 Å². The van der Waals surface area contributed by atoms with Crippen molar-refractivity contribution in [1.82, 2.24) is 10.2 Å². The zero-order valence-corrected chi connectivity index (χ0v) is 11.9. The molecular weight excluding hydrogens is 255 g/mol. The van der Waals surface area contributed by atoms with Gasteiger partial charge in [0.1, 0.15) is 5.82 Å². The van der Waals surface area contributed by atoms with E-state index in [1.165, 1.54) is 18.4 Å². The van der Waals surface area contributed by atoms with Crippen LogP contribution in [0.4, 0.5) is 4.39 Å². The van der Waals surface area contributed by atoms with E-state index in [-0.39, 0.29) is 5.82 Å². The van der Waals surface area contributed by atoms with E-state index in [4.69, 9.17) is 4.74 Å². The fourth-order valence-corrected chi connectivity index (χ4v) is 3.04. The van der Waals surface area contributed by atoms with Gasteiger partial charge in [-0.1, -0.05) is 12.1 Å². The van der Waals surface area contributed by atoms with Crippen LogP contribution in [0.25, 0.3) is 0 Å². The van der Waals surface area contributed by atoms with Crippen LogP contribution in [-0.4, -0.2) is 50.3 Å². The number of hydrogen-bond donors (Lipinski definition) is 1. The van der Waals surface area contributed by atoms with Crippen LogP contribution in [0.3, 0.4) is 0 Å². The molecule has 1 saturated carbocycles. The highest BCUT2D eigenvalue weighted by atomic mass is 19.1. The van der Waals surface area contributed by atoms with Gasteiger partial charge in [-0.25, -0.2) is 4.39 Å². The van der Waals surface area contributed by atoms with Gasteiger partial charge >= 0.3 is 0 Å². The summed E-state index contributed by atoms with van der Waals surface area (Å²) < 4.78 is 18.2. The van der Waals surface area contributed by atoms with Crippen molar-refractivity contribution in [2.45, 2.75) is 24.8 Å². The molecule has 2 fully saturated rings. The smallest absolute Gasteiger partial charge is 0.123 e. The van der Waals surface area contributed by atoms with Crippen LogP contribution >= 0.6 is 0 Å². The monoisotopic (exact) mass is 278 g/mol. The molecule has 1 aliphatic heterocycles. The molecule has 1 aromatic rings. The Labute approximate surface area is 120 Å². The summed E-state index contributed by atoms with van der Waals surface area (Å²) in [5.74, 6) is 0.463. The fourth-order valence-electron chi connectivity index (χ4n) is 3.04. The highest BCUT2D eigenvalue weighted by Gasteiger charge is 2.29. The summed E-state index contributed by atoms with van der Waals surface area (Å²) in [6.45, 7) is 6.03. The first-order valence-electron chi connectivity index (χ1n) is 7.60. The number of hydrogen-bond acceptors (Lipinski definition) is 3. The predicted molar refractivity (Wildman–Crippen MR) is 77.4 cm³/mol. The molecule has 1 saturated heterocycles. The molecule has 0 radical (unpaired) electrons. The quantitative estimate of drug-likeness (QED) is 0.891. The molecule has 110 valence electrons. The van der Waals surface area contributed by atoms with E-state index in [2.05, 4.69) is 10.2 Å². The molecule has 1 aliphatic carbocycles. The minimum absolute atomic E-state index is 0.145. The summed E-state index contributed by atoms with van der Waals surface area (Å²) in [6.07, 6.45) is 2.35. The van der Waals surface area contributed by atoms with Crippen LogP contribution in [0, 0.1) is 5.82 Å². The molecular formula is C16H23FN2O. The Morgan fingerprint density at radius 3 is 2.55 bits per heavy atom. The molecule has 0 atom stereocenters. The molecule has 0 aromatic heterocycles. The minimum Gasteiger partial charge on any atom is -0.379 e. The molecule has 0 bridgehead atoms. The van der Waals surface area contributed by atoms with Crippen LogP contribution in [0.2, 0.25) is 0 Å². The highest BCUT2D eigenvalue weighted by Crippen LogP contribution is 2.36. The van der Waals surface area contributed by atoms with Crippen molar-refractivity contribution in [1.29, 1.82) is 0 Å². The van der Waals surface area contributed by atoms with Crippen molar-refractivity contribution in [2.75, 3.05) is 39.4 Å². The van der Waals surface area contributed by atoms with E-state index in [9.17, 15) is 4.39 Å². The van der Waals surface area contributed by atoms with E-state index in [1.807, 2.05) is 12.1 Å². The van der Waals surface area contributed by atoms with Gasteiger partial charge in [0.25, 0.3) is 0 Å². The lowest BCUT2D eigenvalue weighted by Crippen LogP contribution is -2.45.